The van der Waals surface area contributed by atoms with Crippen LogP contribution in [-0.4, -0.2) is 86.2 Å². The summed E-state index contributed by atoms with van der Waals surface area (Å²) in [5.74, 6) is -0.483. The number of hydrogen-bond acceptors (Lipinski definition) is 7. The Morgan fingerprint density at radius 1 is 1.27 bits per heavy atom. The Hall–Kier alpha value is -3.64. The smallest absolute Gasteiger partial charge is 0.291 e. The fourth-order valence-corrected chi connectivity index (χ4v) is 5.38. The number of halogens is 1. The highest BCUT2D eigenvalue weighted by molar-refractivity contribution is 6.00. The molecule has 0 aliphatic carbocycles. The molecular weight excluding hydrogens is 479 g/mol. The minimum atomic E-state index is -0.735. The van der Waals surface area contributed by atoms with E-state index in [0.29, 0.717) is 30.7 Å². The molecule has 1 N–H and O–H groups in total. The molecule has 3 aliphatic heterocycles. The number of aryl methyl sites for hydroxylation is 1. The zero-order chi connectivity index (χ0) is 25.5. The van der Waals surface area contributed by atoms with E-state index in [2.05, 4.69) is 20.3 Å². The van der Waals surface area contributed by atoms with Crippen LogP contribution in [0.5, 0.6) is 0 Å². The number of carbonyl (C=O) groups excluding carboxylic acids is 2. The largest absolute Gasteiger partial charge is 0.375 e. The van der Waals surface area contributed by atoms with Crippen LogP contribution in [-0.2, 0) is 29.0 Å². The number of rotatable bonds is 7. The molecule has 3 atom stereocenters. The van der Waals surface area contributed by atoms with Crippen LogP contribution in [0.3, 0.4) is 0 Å². The lowest BCUT2D eigenvalue weighted by Gasteiger charge is -2.26. The predicted molar refractivity (Wildman–Crippen MR) is 130 cm³/mol. The molecule has 11 nitrogen and oxygen atoms in total. The van der Waals surface area contributed by atoms with E-state index < -0.39 is 11.9 Å². The average molecular weight is 509 g/mol. The van der Waals surface area contributed by atoms with Crippen LogP contribution in [0.2, 0.25) is 0 Å². The number of benzene rings is 1. The molecule has 3 aliphatic rings. The molecule has 37 heavy (non-hydrogen) atoms. The third-order valence-corrected chi connectivity index (χ3v) is 7.42. The van der Waals surface area contributed by atoms with Gasteiger partial charge < -0.3 is 10.1 Å². The number of nitrogens with one attached hydrogen (secondary N) is 1. The summed E-state index contributed by atoms with van der Waals surface area (Å²) < 4.78 is 22.8. The van der Waals surface area contributed by atoms with Crippen molar-refractivity contribution in [3.8, 4) is 0 Å². The molecule has 2 bridgehead atoms. The van der Waals surface area contributed by atoms with Gasteiger partial charge in [0, 0.05) is 50.8 Å². The summed E-state index contributed by atoms with van der Waals surface area (Å²) in [7, 11) is 1.70. The van der Waals surface area contributed by atoms with Crippen LogP contribution < -0.4 is 10.2 Å². The number of amides is 2. The maximum absolute atomic E-state index is 13.9. The number of carbonyl (C=O) groups is 2. The van der Waals surface area contributed by atoms with Gasteiger partial charge in [-0.25, -0.2) is 18.7 Å². The van der Waals surface area contributed by atoms with Gasteiger partial charge in [0.2, 0.25) is 5.82 Å². The third-order valence-electron chi connectivity index (χ3n) is 7.42. The highest BCUT2D eigenvalue weighted by atomic mass is 19.1. The van der Waals surface area contributed by atoms with Crippen LogP contribution in [0.25, 0.3) is 0 Å². The number of fused-ring (bicyclic) bond motifs is 3. The number of ether oxygens (including phenoxy) is 1. The Kier molecular flexibility index (Phi) is 6.21. The zero-order valence-electron chi connectivity index (χ0n) is 20.6. The Bertz CT molecular complexity index is 1320. The lowest BCUT2D eigenvalue weighted by atomic mass is 10.2. The highest BCUT2D eigenvalue weighted by Gasteiger charge is 2.38. The topological polar surface area (TPSA) is 110 Å². The fourth-order valence-electron chi connectivity index (χ4n) is 5.38. The van der Waals surface area contributed by atoms with Crippen LogP contribution >= 0.6 is 0 Å². The molecule has 2 saturated heterocycles. The third kappa shape index (κ3) is 4.74. The molecule has 3 aromatic rings. The minimum Gasteiger partial charge on any atom is -0.375 e. The summed E-state index contributed by atoms with van der Waals surface area (Å²) in [4.78, 5) is 34.0. The van der Waals surface area contributed by atoms with Crippen molar-refractivity contribution >= 4 is 17.6 Å². The first-order chi connectivity index (χ1) is 17.9. The molecule has 2 unspecified atom stereocenters. The Balaban J connectivity index is 1.07. The molecule has 0 radical (unpaired) electrons. The Morgan fingerprint density at radius 3 is 2.92 bits per heavy atom. The van der Waals surface area contributed by atoms with Crippen LogP contribution in [0, 0.1) is 5.82 Å². The van der Waals surface area contributed by atoms with Crippen molar-refractivity contribution < 1.29 is 18.7 Å². The lowest BCUT2D eigenvalue weighted by molar-refractivity contribution is -0.120. The lowest BCUT2D eigenvalue weighted by Crippen LogP contribution is -2.47. The molecule has 12 heteroatoms. The number of aromatic nitrogens is 5. The predicted octanol–water partition coefficient (Wildman–Crippen LogP) is 0.843. The van der Waals surface area contributed by atoms with E-state index in [1.54, 1.807) is 30.1 Å². The van der Waals surface area contributed by atoms with E-state index >= 15 is 0 Å². The van der Waals surface area contributed by atoms with Crippen molar-refractivity contribution in [2.24, 2.45) is 0 Å². The van der Waals surface area contributed by atoms with E-state index in [-0.39, 0.29) is 24.1 Å². The first kappa shape index (κ1) is 23.7. The van der Waals surface area contributed by atoms with Gasteiger partial charge >= 0.3 is 0 Å². The van der Waals surface area contributed by atoms with Gasteiger partial charge in [0.05, 0.1) is 24.9 Å². The van der Waals surface area contributed by atoms with Gasteiger partial charge in [-0.15, -0.1) is 5.10 Å². The van der Waals surface area contributed by atoms with Crippen molar-refractivity contribution in [3.63, 3.8) is 0 Å². The Labute approximate surface area is 213 Å². The number of likely N-dealkylation sites (tertiary alicyclic amines) is 1. The van der Waals surface area contributed by atoms with Gasteiger partial charge in [-0.2, -0.15) is 5.10 Å². The molecule has 0 spiro atoms. The van der Waals surface area contributed by atoms with Crippen molar-refractivity contribution in [1.29, 1.82) is 0 Å². The maximum Gasteiger partial charge on any atom is 0.291 e. The molecule has 2 aromatic heterocycles. The molecular formula is C25H29FN8O3. The van der Waals surface area contributed by atoms with Gasteiger partial charge in [-0.1, -0.05) is 18.2 Å². The van der Waals surface area contributed by atoms with Gasteiger partial charge in [-0.3, -0.25) is 19.4 Å². The van der Waals surface area contributed by atoms with Crippen LogP contribution in [0.1, 0.15) is 34.7 Å². The number of likely N-dealkylation sites (N-methyl/N-ethyl adjacent to an activating group) is 1. The van der Waals surface area contributed by atoms with Gasteiger partial charge in [0.1, 0.15) is 24.0 Å². The van der Waals surface area contributed by atoms with Crippen molar-refractivity contribution in [2.75, 3.05) is 31.6 Å². The monoisotopic (exact) mass is 508 g/mol. The van der Waals surface area contributed by atoms with Crippen molar-refractivity contribution in [3.05, 3.63) is 59.6 Å². The molecule has 2 amide bonds. The summed E-state index contributed by atoms with van der Waals surface area (Å²) in [6.07, 6.45) is 4.07. The summed E-state index contributed by atoms with van der Waals surface area (Å²) >= 11 is 0. The SMILES string of the molecule is CN1C(=O)[C@H](NC(=O)c2ncn(Cc3ccccc3F)n2)CCn2nc(CCN3CC4CC3CO4)cc21. The number of anilines is 1. The Morgan fingerprint density at radius 2 is 2.14 bits per heavy atom. The summed E-state index contributed by atoms with van der Waals surface area (Å²) in [6, 6.07) is 8.10. The van der Waals surface area contributed by atoms with E-state index in [1.807, 2.05) is 10.7 Å². The fraction of sp³-hybridized carbons (Fsp3) is 0.480. The van der Waals surface area contributed by atoms with E-state index in [1.165, 1.54) is 17.1 Å². The van der Waals surface area contributed by atoms with E-state index in [9.17, 15) is 14.0 Å². The van der Waals surface area contributed by atoms with E-state index in [4.69, 9.17) is 9.84 Å². The number of nitrogens with zero attached hydrogens (tertiary/aromatic N) is 7. The van der Waals surface area contributed by atoms with E-state index in [0.717, 1.165) is 44.0 Å². The van der Waals surface area contributed by atoms with Gasteiger partial charge in [-0.05, 0) is 18.9 Å². The van der Waals surface area contributed by atoms with Gasteiger partial charge in [0.25, 0.3) is 11.8 Å². The minimum absolute atomic E-state index is 0.0722. The molecule has 5 heterocycles. The normalized spacial score (nSPS) is 23.4. The number of morpholine rings is 1. The molecule has 1 aromatic carbocycles. The molecule has 2 fully saturated rings. The van der Waals surface area contributed by atoms with Crippen LogP contribution in [0.4, 0.5) is 10.2 Å². The summed E-state index contributed by atoms with van der Waals surface area (Å²) in [5, 5.41) is 11.7. The molecule has 194 valence electrons. The van der Waals surface area contributed by atoms with Crippen LogP contribution in [0.15, 0.2) is 36.7 Å². The first-order valence-corrected chi connectivity index (χ1v) is 12.6. The second kappa shape index (κ2) is 9.67. The standard InChI is InChI=1S/C25H29FN8O3/c1-31-22-10-17(6-8-32-13-19-11-18(32)14-37-19)29-34(22)9-7-21(25(31)36)28-24(35)23-27-15-33(30-23)12-16-4-2-3-5-20(16)26/h2-5,10,15,18-19,21H,6-9,11-14H2,1H3,(H,28,35)/t18?,19?,21-/m1/s1. The summed E-state index contributed by atoms with van der Waals surface area (Å²) in [6.45, 7) is 3.36. The maximum atomic E-state index is 13.9. The second-order valence-corrected chi connectivity index (χ2v) is 9.88. The van der Waals surface area contributed by atoms with Crippen molar-refractivity contribution in [2.45, 2.75) is 50.5 Å². The molecule has 6 rings (SSSR count). The zero-order valence-corrected chi connectivity index (χ0v) is 20.6. The van der Waals surface area contributed by atoms with Gasteiger partial charge in [0.15, 0.2) is 0 Å². The molecule has 0 saturated carbocycles. The first-order valence-electron chi connectivity index (χ1n) is 12.6. The quantitative estimate of drug-likeness (QED) is 0.504. The second-order valence-electron chi connectivity index (χ2n) is 9.88. The number of hydrogen-bond donors (Lipinski definition) is 1. The summed E-state index contributed by atoms with van der Waals surface area (Å²) in [5.41, 5.74) is 1.39. The highest BCUT2D eigenvalue weighted by Crippen LogP contribution is 2.28. The van der Waals surface area contributed by atoms with Crippen molar-refractivity contribution in [1.82, 2.24) is 34.8 Å². The average Bonchev–Trinajstić information content (AvgIpc) is 3.69.